The van der Waals surface area contributed by atoms with Gasteiger partial charge in [-0.3, -0.25) is 4.79 Å². The first kappa shape index (κ1) is 15.0. The molecule has 0 aliphatic carbocycles. The first-order valence-electron chi connectivity index (χ1n) is 7.39. The third-order valence-corrected chi connectivity index (χ3v) is 5.02. The molecule has 0 saturated heterocycles. The molecule has 1 heterocycles. The normalized spacial score (nSPS) is 14.2. The summed E-state index contributed by atoms with van der Waals surface area (Å²) in [6.45, 7) is 8.75. The molecule has 2 rings (SSSR count). The summed E-state index contributed by atoms with van der Waals surface area (Å²) in [6.07, 6.45) is 2.09. The molecule has 0 N–H and O–H groups in total. The molecule has 0 aliphatic heterocycles. The second-order valence-corrected chi connectivity index (χ2v) is 6.28. The van der Waals surface area contributed by atoms with Gasteiger partial charge >= 0.3 is 0 Å². The van der Waals surface area contributed by atoms with Crippen LogP contribution in [0.4, 0.5) is 5.69 Å². The van der Waals surface area contributed by atoms with Crippen LogP contribution in [-0.4, -0.2) is 12.1 Å². The third-order valence-electron chi connectivity index (χ3n) is 4.07. The lowest BCUT2D eigenvalue weighted by Gasteiger charge is -2.35. The smallest absolute Gasteiger partial charge is 0.211 e. The van der Waals surface area contributed by atoms with Crippen LogP contribution in [0.5, 0.6) is 0 Å². The zero-order valence-corrected chi connectivity index (χ0v) is 13.5. The van der Waals surface area contributed by atoms with Gasteiger partial charge < -0.3 is 4.90 Å². The van der Waals surface area contributed by atoms with Crippen molar-refractivity contribution in [2.75, 3.05) is 4.90 Å². The van der Waals surface area contributed by atoms with Crippen LogP contribution in [0, 0.1) is 0 Å². The number of nitrogens with zero attached hydrogens (tertiary/aromatic N) is 1. The Morgan fingerprint density at radius 2 is 1.70 bits per heavy atom. The van der Waals surface area contributed by atoms with Crippen molar-refractivity contribution in [2.24, 2.45) is 0 Å². The summed E-state index contributed by atoms with van der Waals surface area (Å²) in [5, 5.41) is 2.87. The van der Waals surface area contributed by atoms with Gasteiger partial charge in [-0.05, 0) is 38.8 Å². The van der Waals surface area contributed by atoms with E-state index in [4.69, 9.17) is 0 Å². The van der Waals surface area contributed by atoms with Crippen LogP contribution in [0.25, 0.3) is 10.1 Å². The molecule has 2 atom stereocenters. The summed E-state index contributed by atoms with van der Waals surface area (Å²) in [5.41, 5.74) is 1.03. The highest BCUT2D eigenvalue weighted by molar-refractivity contribution is 7.16. The van der Waals surface area contributed by atoms with Crippen molar-refractivity contribution < 1.29 is 0 Å². The van der Waals surface area contributed by atoms with Crippen LogP contribution in [0.1, 0.15) is 40.5 Å². The Balaban J connectivity index is 2.59. The highest BCUT2D eigenvalue weighted by atomic mass is 32.1. The minimum atomic E-state index is 0.167. The maximum absolute atomic E-state index is 12.8. The Morgan fingerprint density at radius 1 is 1.10 bits per heavy atom. The van der Waals surface area contributed by atoms with Gasteiger partial charge in [-0.15, -0.1) is 11.3 Å². The van der Waals surface area contributed by atoms with Crippen LogP contribution in [0.15, 0.2) is 34.4 Å². The lowest BCUT2D eigenvalue weighted by atomic mass is 10.1. The van der Waals surface area contributed by atoms with Crippen molar-refractivity contribution in [3.05, 3.63) is 39.9 Å². The molecule has 0 bridgehead atoms. The molecule has 0 unspecified atom stereocenters. The molecular weight excluding hydrogens is 266 g/mol. The summed E-state index contributed by atoms with van der Waals surface area (Å²) in [5.74, 6) is 0. The van der Waals surface area contributed by atoms with Gasteiger partial charge in [-0.25, -0.2) is 0 Å². The van der Waals surface area contributed by atoms with Gasteiger partial charge in [-0.2, -0.15) is 0 Å². The van der Waals surface area contributed by atoms with Crippen LogP contribution in [-0.2, 0) is 0 Å². The topological polar surface area (TPSA) is 20.3 Å². The minimum Gasteiger partial charge on any atom is -0.362 e. The monoisotopic (exact) mass is 289 g/mol. The molecule has 0 spiro atoms. The summed E-state index contributed by atoms with van der Waals surface area (Å²) >= 11 is 1.66. The average Bonchev–Trinajstić information content (AvgIpc) is 2.49. The van der Waals surface area contributed by atoms with Crippen molar-refractivity contribution in [1.29, 1.82) is 0 Å². The number of fused-ring (bicyclic) bond motifs is 1. The number of hydrogen-bond donors (Lipinski definition) is 0. The summed E-state index contributed by atoms with van der Waals surface area (Å²) in [6, 6.07) is 8.64. The second kappa shape index (κ2) is 6.40. The molecule has 0 fully saturated rings. The lowest BCUT2D eigenvalue weighted by molar-refractivity contribution is 0.527. The molecule has 0 saturated carbocycles. The molecule has 1 aromatic heterocycles. The quantitative estimate of drug-likeness (QED) is 0.797. The van der Waals surface area contributed by atoms with E-state index in [1.165, 1.54) is 0 Å². The summed E-state index contributed by atoms with van der Waals surface area (Å²) < 4.78 is 1.06. The lowest BCUT2D eigenvalue weighted by Crippen LogP contribution is -2.42. The van der Waals surface area contributed by atoms with E-state index in [2.05, 4.69) is 32.6 Å². The third kappa shape index (κ3) is 2.73. The van der Waals surface area contributed by atoms with Gasteiger partial charge in [0.15, 0.2) is 0 Å². The second-order valence-electron chi connectivity index (χ2n) is 5.37. The van der Waals surface area contributed by atoms with Crippen LogP contribution in [0.2, 0.25) is 0 Å². The predicted molar refractivity (Wildman–Crippen MR) is 90.1 cm³/mol. The Hall–Kier alpha value is -1.35. The molecule has 3 heteroatoms. The van der Waals surface area contributed by atoms with Gasteiger partial charge in [0, 0.05) is 27.5 Å². The fraction of sp³-hybridized carbons (Fsp3) is 0.471. The molecule has 108 valence electrons. The molecule has 1 aromatic carbocycles. The van der Waals surface area contributed by atoms with Crippen molar-refractivity contribution in [3.8, 4) is 0 Å². The highest BCUT2D eigenvalue weighted by Crippen LogP contribution is 2.25. The first-order chi connectivity index (χ1) is 9.60. The maximum Gasteiger partial charge on any atom is 0.211 e. The van der Waals surface area contributed by atoms with Gasteiger partial charge in [0.1, 0.15) is 0 Å². The standard InChI is InChI=1S/C17H23NOS/c1-5-12(3)18(13(4)6-2)15-11-20-16-10-8-7-9-14(16)17(15)19/h7-13H,5-6H2,1-4H3/t12-,13-/m0/s1. The zero-order valence-electron chi connectivity index (χ0n) is 12.7. The fourth-order valence-corrected chi connectivity index (χ4v) is 3.46. The molecule has 20 heavy (non-hydrogen) atoms. The van der Waals surface area contributed by atoms with E-state index >= 15 is 0 Å². The summed E-state index contributed by atoms with van der Waals surface area (Å²) in [4.78, 5) is 15.1. The Kier molecular flexibility index (Phi) is 4.81. The SMILES string of the molecule is CC[C@H](C)N(c1csc2ccccc2c1=O)[C@@H](C)CC. The van der Waals surface area contributed by atoms with Crippen LogP contribution < -0.4 is 10.3 Å². The number of hydrogen-bond acceptors (Lipinski definition) is 3. The fourth-order valence-electron chi connectivity index (χ4n) is 2.55. The van der Waals surface area contributed by atoms with E-state index in [9.17, 15) is 4.79 Å². The molecule has 0 amide bonds. The van der Waals surface area contributed by atoms with Crippen molar-refractivity contribution in [2.45, 2.75) is 52.6 Å². The molecular formula is C17H23NOS. The van der Waals surface area contributed by atoms with Gasteiger partial charge in [0.25, 0.3) is 0 Å². The first-order valence-corrected chi connectivity index (χ1v) is 8.27. The molecule has 0 radical (unpaired) electrons. The van der Waals surface area contributed by atoms with Crippen molar-refractivity contribution >= 4 is 27.1 Å². The van der Waals surface area contributed by atoms with E-state index < -0.39 is 0 Å². The molecule has 0 aliphatic rings. The molecule has 2 nitrogen and oxygen atoms in total. The summed E-state index contributed by atoms with van der Waals surface area (Å²) in [7, 11) is 0. The highest BCUT2D eigenvalue weighted by Gasteiger charge is 2.21. The number of benzene rings is 1. The van der Waals surface area contributed by atoms with E-state index in [-0.39, 0.29) is 5.43 Å². The zero-order chi connectivity index (χ0) is 14.7. The number of anilines is 1. The van der Waals surface area contributed by atoms with Crippen LogP contribution >= 0.6 is 11.3 Å². The van der Waals surface area contributed by atoms with E-state index in [1.807, 2.05) is 29.6 Å². The van der Waals surface area contributed by atoms with Gasteiger partial charge in [-0.1, -0.05) is 26.0 Å². The Morgan fingerprint density at radius 3 is 2.30 bits per heavy atom. The predicted octanol–water partition coefficient (Wildman–Crippen LogP) is 4.66. The number of rotatable bonds is 5. The Labute approximate surface area is 125 Å². The van der Waals surface area contributed by atoms with E-state index in [0.717, 1.165) is 28.6 Å². The van der Waals surface area contributed by atoms with Gasteiger partial charge in [0.05, 0.1) is 5.69 Å². The van der Waals surface area contributed by atoms with Crippen LogP contribution in [0.3, 0.4) is 0 Å². The largest absolute Gasteiger partial charge is 0.362 e. The maximum atomic E-state index is 12.8. The van der Waals surface area contributed by atoms with Crippen molar-refractivity contribution in [3.63, 3.8) is 0 Å². The minimum absolute atomic E-state index is 0.167. The average molecular weight is 289 g/mol. The molecule has 2 aromatic rings. The van der Waals surface area contributed by atoms with Gasteiger partial charge in [0.2, 0.25) is 5.43 Å². The van der Waals surface area contributed by atoms with Crippen molar-refractivity contribution in [1.82, 2.24) is 0 Å². The Bertz CT molecular complexity index is 624. The van der Waals surface area contributed by atoms with E-state index in [0.29, 0.717) is 12.1 Å². The van der Waals surface area contributed by atoms with E-state index in [1.54, 1.807) is 11.3 Å².